The third-order valence-electron chi connectivity index (χ3n) is 5.83. The van der Waals surface area contributed by atoms with Crippen molar-refractivity contribution in [2.45, 2.75) is 50.7 Å². The third kappa shape index (κ3) is 4.04. The summed E-state index contributed by atoms with van der Waals surface area (Å²) in [5.41, 5.74) is 0.461. The molecule has 1 aromatic carbocycles. The molecule has 2 saturated heterocycles. The van der Waals surface area contributed by atoms with Crippen molar-refractivity contribution in [2.75, 3.05) is 24.5 Å². The zero-order valence-corrected chi connectivity index (χ0v) is 16.2. The van der Waals surface area contributed by atoms with Gasteiger partial charge >= 0.3 is 6.03 Å². The molecular formula is C20H24F2N4O3. The average Bonchev–Trinajstić information content (AvgIpc) is 3.44. The topological polar surface area (TPSA) is 73.0 Å². The standard InChI is InChI=1S/C20H24F2N4O3/c1-12-11-24(6-7-25(12)16-9-13(21)8-14(22)10-16)18(27)5-4-17-19(28)23-20(29)26(17)15-2-3-15/h8-10,12,15,17H,2-7,11H2,1H3,(H,23,28,29)/t12-,17-/m0/s1. The largest absolute Gasteiger partial charge is 0.365 e. The Labute approximate surface area is 167 Å². The van der Waals surface area contributed by atoms with Gasteiger partial charge in [-0.1, -0.05) is 0 Å². The fourth-order valence-corrected chi connectivity index (χ4v) is 4.26. The molecule has 4 rings (SSSR count). The summed E-state index contributed by atoms with van der Waals surface area (Å²) in [7, 11) is 0. The fourth-order valence-electron chi connectivity index (χ4n) is 4.26. The van der Waals surface area contributed by atoms with Gasteiger partial charge in [0.1, 0.15) is 17.7 Å². The van der Waals surface area contributed by atoms with Crippen LogP contribution in [-0.2, 0) is 9.59 Å². The summed E-state index contributed by atoms with van der Waals surface area (Å²) < 4.78 is 27.0. The molecule has 1 aliphatic carbocycles. The lowest BCUT2D eigenvalue weighted by Gasteiger charge is -2.41. The van der Waals surface area contributed by atoms with Gasteiger partial charge in [0, 0.05) is 49.9 Å². The van der Waals surface area contributed by atoms with Gasteiger partial charge in [0.15, 0.2) is 0 Å². The van der Waals surface area contributed by atoms with Crippen molar-refractivity contribution in [2.24, 2.45) is 0 Å². The highest BCUT2D eigenvalue weighted by Gasteiger charge is 2.46. The van der Waals surface area contributed by atoms with Gasteiger partial charge in [-0.3, -0.25) is 14.9 Å². The molecule has 156 valence electrons. The smallest absolute Gasteiger partial charge is 0.325 e. The summed E-state index contributed by atoms with van der Waals surface area (Å²) >= 11 is 0. The summed E-state index contributed by atoms with van der Waals surface area (Å²) in [6.45, 7) is 3.23. The van der Waals surface area contributed by atoms with Crippen LogP contribution < -0.4 is 10.2 Å². The van der Waals surface area contributed by atoms with Crippen LogP contribution in [0, 0.1) is 11.6 Å². The van der Waals surface area contributed by atoms with Crippen molar-refractivity contribution in [1.29, 1.82) is 0 Å². The van der Waals surface area contributed by atoms with E-state index in [9.17, 15) is 23.2 Å². The first-order valence-electron chi connectivity index (χ1n) is 9.97. The summed E-state index contributed by atoms with van der Waals surface area (Å²) in [4.78, 5) is 41.8. The van der Waals surface area contributed by atoms with Crippen molar-refractivity contribution < 1.29 is 23.2 Å². The van der Waals surface area contributed by atoms with Gasteiger partial charge in [0.2, 0.25) is 5.91 Å². The van der Waals surface area contributed by atoms with Crippen LogP contribution in [0.2, 0.25) is 0 Å². The van der Waals surface area contributed by atoms with Gasteiger partial charge in [-0.25, -0.2) is 13.6 Å². The number of amides is 4. The number of carbonyl (C=O) groups excluding carboxylic acids is 3. The first kappa shape index (κ1) is 19.6. The Morgan fingerprint density at radius 3 is 2.45 bits per heavy atom. The number of hydrogen-bond donors (Lipinski definition) is 1. The first-order valence-corrected chi connectivity index (χ1v) is 9.97. The van der Waals surface area contributed by atoms with E-state index in [1.807, 2.05) is 11.8 Å². The normalized spacial score (nSPS) is 24.9. The van der Waals surface area contributed by atoms with Gasteiger partial charge in [0.25, 0.3) is 5.91 Å². The monoisotopic (exact) mass is 406 g/mol. The van der Waals surface area contributed by atoms with E-state index in [0.717, 1.165) is 18.9 Å². The maximum Gasteiger partial charge on any atom is 0.325 e. The van der Waals surface area contributed by atoms with Crippen LogP contribution in [0.4, 0.5) is 19.3 Å². The lowest BCUT2D eigenvalue weighted by molar-refractivity contribution is -0.132. The zero-order valence-electron chi connectivity index (χ0n) is 16.2. The molecule has 1 N–H and O–H groups in total. The molecule has 3 fully saturated rings. The summed E-state index contributed by atoms with van der Waals surface area (Å²) in [6, 6.07) is 2.49. The van der Waals surface area contributed by atoms with E-state index in [2.05, 4.69) is 5.32 Å². The minimum Gasteiger partial charge on any atom is -0.365 e. The Bertz CT molecular complexity index is 825. The molecule has 0 spiro atoms. The van der Waals surface area contributed by atoms with Crippen molar-refractivity contribution >= 4 is 23.5 Å². The van der Waals surface area contributed by atoms with E-state index in [0.29, 0.717) is 31.7 Å². The number of halogens is 2. The van der Waals surface area contributed by atoms with E-state index in [1.165, 1.54) is 12.1 Å². The Morgan fingerprint density at radius 2 is 1.83 bits per heavy atom. The van der Waals surface area contributed by atoms with Gasteiger partial charge in [0.05, 0.1) is 0 Å². The number of imide groups is 1. The molecule has 7 nitrogen and oxygen atoms in total. The molecule has 3 aliphatic rings. The molecular weight excluding hydrogens is 382 g/mol. The number of carbonyl (C=O) groups is 3. The summed E-state index contributed by atoms with van der Waals surface area (Å²) in [5.74, 6) is -1.67. The minimum atomic E-state index is -0.629. The Balaban J connectivity index is 1.33. The zero-order chi connectivity index (χ0) is 20.7. The fraction of sp³-hybridized carbons (Fsp3) is 0.550. The molecule has 2 aliphatic heterocycles. The van der Waals surface area contributed by atoms with Gasteiger partial charge in [-0.2, -0.15) is 0 Å². The number of nitrogens with one attached hydrogen (secondary N) is 1. The molecule has 0 unspecified atom stereocenters. The second-order valence-electron chi connectivity index (χ2n) is 8.00. The van der Waals surface area contributed by atoms with Crippen molar-refractivity contribution in [3.05, 3.63) is 29.8 Å². The van der Waals surface area contributed by atoms with Crippen LogP contribution in [0.5, 0.6) is 0 Å². The molecule has 1 saturated carbocycles. The molecule has 2 heterocycles. The highest BCUT2D eigenvalue weighted by Crippen LogP contribution is 2.32. The number of urea groups is 1. The lowest BCUT2D eigenvalue weighted by atomic mass is 10.1. The minimum absolute atomic E-state index is 0.0789. The van der Waals surface area contributed by atoms with Crippen molar-refractivity contribution in [3.8, 4) is 0 Å². The summed E-state index contributed by atoms with van der Waals surface area (Å²) in [5, 5.41) is 2.34. The quantitative estimate of drug-likeness (QED) is 0.758. The van der Waals surface area contributed by atoms with E-state index in [-0.39, 0.29) is 36.3 Å². The molecule has 4 amide bonds. The van der Waals surface area contributed by atoms with Crippen LogP contribution in [0.15, 0.2) is 18.2 Å². The SMILES string of the molecule is C[C@H]1CN(C(=O)CC[C@H]2C(=O)NC(=O)N2C2CC2)CCN1c1cc(F)cc(F)c1. The van der Waals surface area contributed by atoms with Crippen molar-refractivity contribution in [1.82, 2.24) is 15.1 Å². The van der Waals surface area contributed by atoms with Crippen LogP contribution in [0.3, 0.4) is 0 Å². The molecule has 2 atom stereocenters. The van der Waals surface area contributed by atoms with Crippen LogP contribution >= 0.6 is 0 Å². The highest BCUT2D eigenvalue weighted by atomic mass is 19.1. The second kappa shape index (κ2) is 7.61. The molecule has 0 radical (unpaired) electrons. The van der Waals surface area contributed by atoms with Gasteiger partial charge in [-0.05, 0) is 38.3 Å². The highest BCUT2D eigenvalue weighted by molar-refractivity contribution is 6.04. The van der Waals surface area contributed by atoms with E-state index >= 15 is 0 Å². The number of benzene rings is 1. The lowest BCUT2D eigenvalue weighted by Crippen LogP contribution is -2.54. The predicted molar refractivity (Wildman–Crippen MR) is 101 cm³/mol. The first-order chi connectivity index (χ1) is 13.8. The van der Waals surface area contributed by atoms with Gasteiger partial charge < -0.3 is 14.7 Å². The van der Waals surface area contributed by atoms with Crippen LogP contribution in [0.25, 0.3) is 0 Å². The molecule has 9 heteroatoms. The number of rotatable bonds is 5. The molecule has 1 aromatic rings. The molecule has 0 bridgehead atoms. The molecule has 29 heavy (non-hydrogen) atoms. The third-order valence-corrected chi connectivity index (χ3v) is 5.83. The predicted octanol–water partition coefficient (Wildman–Crippen LogP) is 1.86. The number of nitrogens with zero attached hydrogens (tertiary/aromatic N) is 3. The van der Waals surface area contributed by atoms with E-state index in [4.69, 9.17) is 0 Å². The number of piperazine rings is 1. The number of hydrogen-bond acceptors (Lipinski definition) is 4. The Hall–Kier alpha value is -2.71. The van der Waals surface area contributed by atoms with Gasteiger partial charge in [-0.15, -0.1) is 0 Å². The van der Waals surface area contributed by atoms with E-state index < -0.39 is 17.7 Å². The maximum absolute atomic E-state index is 13.5. The number of anilines is 1. The Morgan fingerprint density at radius 1 is 1.14 bits per heavy atom. The average molecular weight is 406 g/mol. The molecule has 0 aromatic heterocycles. The van der Waals surface area contributed by atoms with Crippen LogP contribution in [-0.4, -0.2) is 65.4 Å². The van der Waals surface area contributed by atoms with Crippen molar-refractivity contribution in [3.63, 3.8) is 0 Å². The van der Waals surface area contributed by atoms with Crippen LogP contribution in [0.1, 0.15) is 32.6 Å². The second-order valence-corrected chi connectivity index (χ2v) is 8.00. The Kier molecular flexibility index (Phi) is 5.14. The summed E-state index contributed by atoms with van der Waals surface area (Å²) in [6.07, 6.45) is 2.27. The maximum atomic E-state index is 13.5. The van der Waals surface area contributed by atoms with E-state index in [1.54, 1.807) is 9.80 Å².